The Balaban J connectivity index is 2.36. The summed E-state index contributed by atoms with van der Waals surface area (Å²) in [6.07, 6.45) is 1.99. The Labute approximate surface area is 90.0 Å². The van der Waals surface area contributed by atoms with Crippen LogP contribution in [0.1, 0.15) is 12.8 Å². The predicted molar refractivity (Wildman–Crippen MR) is 56.1 cm³/mol. The van der Waals surface area contributed by atoms with Gasteiger partial charge in [-0.1, -0.05) is 0 Å². The SMILES string of the molecule is CS(=O)(=O)CCC(=O)N1CCC(CO)C1. The molecule has 0 saturated carbocycles. The minimum absolute atomic E-state index is 0.0526. The smallest absolute Gasteiger partial charge is 0.223 e. The summed E-state index contributed by atoms with van der Waals surface area (Å²) in [6.45, 7) is 1.28. The fraction of sp³-hybridized carbons (Fsp3) is 0.889. The first-order chi connectivity index (χ1) is 6.92. The summed E-state index contributed by atoms with van der Waals surface area (Å²) in [5.41, 5.74) is 0. The molecule has 1 rings (SSSR count). The Bertz CT molecular complexity index is 325. The van der Waals surface area contributed by atoms with Crippen LogP contribution in [0.15, 0.2) is 0 Å². The number of amides is 1. The van der Waals surface area contributed by atoms with E-state index in [9.17, 15) is 13.2 Å². The minimum Gasteiger partial charge on any atom is -0.396 e. The van der Waals surface area contributed by atoms with E-state index in [2.05, 4.69) is 0 Å². The molecule has 15 heavy (non-hydrogen) atoms. The fourth-order valence-corrected chi connectivity index (χ4v) is 2.18. The first kappa shape index (κ1) is 12.4. The molecule has 0 aliphatic carbocycles. The highest BCUT2D eigenvalue weighted by atomic mass is 32.2. The van der Waals surface area contributed by atoms with Gasteiger partial charge in [0.1, 0.15) is 9.84 Å². The molecule has 0 radical (unpaired) electrons. The van der Waals surface area contributed by atoms with Gasteiger partial charge in [0.05, 0.1) is 5.75 Å². The molecule has 1 N–H and O–H groups in total. The van der Waals surface area contributed by atoms with Gasteiger partial charge < -0.3 is 10.0 Å². The lowest BCUT2D eigenvalue weighted by Crippen LogP contribution is -2.30. The molecule has 1 fully saturated rings. The molecular formula is C9H17NO4S. The molecule has 1 atom stereocenters. The summed E-state index contributed by atoms with van der Waals surface area (Å²) < 4.78 is 21.7. The van der Waals surface area contributed by atoms with Gasteiger partial charge in [0.2, 0.25) is 5.91 Å². The lowest BCUT2D eigenvalue weighted by molar-refractivity contribution is -0.129. The molecule has 5 nitrogen and oxygen atoms in total. The number of sulfone groups is 1. The number of carbonyl (C=O) groups excluding carboxylic acids is 1. The molecule has 0 aromatic rings. The molecule has 1 heterocycles. The predicted octanol–water partition coefficient (Wildman–Crippen LogP) is -0.738. The fourth-order valence-electron chi connectivity index (χ4n) is 1.64. The number of hydrogen-bond donors (Lipinski definition) is 1. The van der Waals surface area contributed by atoms with Gasteiger partial charge in [-0.2, -0.15) is 0 Å². The van der Waals surface area contributed by atoms with Crippen LogP contribution < -0.4 is 0 Å². The molecule has 88 valence electrons. The normalized spacial score (nSPS) is 22.0. The second kappa shape index (κ2) is 4.94. The summed E-state index contributed by atoms with van der Waals surface area (Å²) in [4.78, 5) is 13.2. The van der Waals surface area contributed by atoms with Gasteiger partial charge in [-0.15, -0.1) is 0 Å². The van der Waals surface area contributed by atoms with Crippen LogP contribution in [0.5, 0.6) is 0 Å². The van der Waals surface area contributed by atoms with Gasteiger partial charge in [0, 0.05) is 38.3 Å². The number of hydrogen-bond acceptors (Lipinski definition) is 4. The maximum absolute atomic E-state index is 11.5. The number of aliphatic hydroxyl groups is 1. The largest absolute Gasteiger partial charge is 0.396 e. The first-order valence-electron chi connectivity index (χ1n) is 4.98. The van der Waals surface area contributed by atoms with Gasteiger partial charge in [0.25, 0.3) is 0 Å². The first-order valence-corrected chi connectivity index (χ1v) is 7.05. The highest BCUT2D eigenvalue weighted by molar-refractivity contribution is 7.90. The van der Waals surface area contributed by atoms with E-state index in [0.717, 1.165) is 12.7 Å². The molecule has 1 aliphatic rings. The van der Waals surface area contributed by atoms with Crippen molar-refractivity contribution in [3.63, 3.8) is 0 Å². The van der Waals surface area contributed by atoms with Crippen LogP contribution >= 0.6 is 0 Å². The molecule has 0 spiro atoms. The zero-order valence-corrected chi connectivity index (χ0v) is 9.66. The number of aliphatic hydroxyl groups excluding tert-OH is 1. The van der Waals surface area contributed by atoms with E-state index in [0.29, 0.717) is 13.1 Å². The van der Waals surface area contributed by atoms with Crippen LogP contribution in [0.3, 0.4) is 0 Å². The summed E-state index contributed by atoms with van der Waals surface area (Å²) in [5, 5.41) is 8.89. The molecule has 1 aliphatic heterocycles. The Kier molecular flexibility index (Phi) is 4.10. The maximum atomic E-state index is 11.5. The van der Waals surface area contributed by atoms with Crippen molar-refractivity contribution >= 4 is 15.7 Å². The maximum Gasteiger partial charge on any atom is 0.223 e. The third-order valence-corrected chi connectivity index (χ3v) is 3.53. The van der Waals surface area contributed by atoms with Crippen molar-refractivity contribution in [2.45, 2.75) is 12.8 Å². The van der Waals surface area contributed by atoms with Crippen molar-refractivity contribution in [2.24, 2.45) is 5.92 Å². The summed E-state index contributed by atoms with van der Waals surface area (Å²) >= 11 is 0. The molecule has 1 saturated heterocycles. The zero-order valence-electron chi connectivity index (χ0n) is 8.85. The third kappa shape index (κ3) is 4.17. The second-order valence-electron chi connectivity index (χ2n) is 4.06. The van der Waals surface area contributed by atoms with Crippen molar-refractivity contribution in [1.29, 1.82) is 0 Å². The Morgan fingerprint density at radius 2 is 2.20 bits per heavy atom. The molecule has 1 amide bonds. The van der Waals surface area contributed by atoms with Crippen LogP contribution in [0.2, 0.25) is 0 Å². The van der Waals surface area contributed by atoms with Crippen molar-refractivity contribution < 1.29 is 18.3 Å². The van der Waals surface area contributed by atoms with E-state index in [-0.39, 0.29) is 30.6 Å². The number of rotatable bonds is 4. The van der Waals surface area contributed by atoms with Crippen molar-refractivity contribution in [2.75, 3.05) is 31.7 Å². The number of carbonyl (C=O) groups is 1. The average molecular weight is 235 g/mol. The van der Waals surface area contributed by atoms with Crippen molar-refractivity contribution in [3.05, 3.63) is 0 Å². The van der Waals surface area contributed by atoms with E-state index in [1.807, 2.05) is 0 Å². The zero-order chi connectivity index (χ0) is 11.5. The van der Waals surface area contributed by atoms with Crippen LogP contribution in [-0.2, 0) is 14.6 Å². The van der Waals surface area contributed by atoms with Gasteiger partial charge in [-0.05, 0) is 6.42 Å². The quantitative estimate of drug-likeness (QED) is 0.696. The van der Waals surface area contributed by atoms with Gasteiger partial charge >= 0.3 is 0 Å². The topological polar surface area (TPSA) is 74.7 Å². The highest BCUT2D eigenvalue weighted by Crippen LogP contribution is 2.16. The standard InChI is InChI=1S/C9H17NO4S/c1-15(13,14)5-3-9(12)10-4-2-8(6-10)7-11/h8,11H,2-7H2,1H3. The van der Waals surface area contributed by atoms with Crippen LogP contribution in [0.4, 0.5) is 0 Å². The minimum atomic E-state index is -3.06. The second-order valence-corrected chi connectivity index (χ2v) is 6.32. The molecule has 6 heteroatoms. The molecule has 0 aromatic carbocycles. The van der Waals surface area contributed by atoms with Crippen LogP contribution in [0, 0.1) is 5.92 Å². The number of likely N-dealkylation sites (tertiary alicyclic amines) is 1. The summed E-state index contributed by atoms with van der Waals surface area (Å²) in [6, 6.07) is 0. The van der Waals surface area contributed by atoms with Crippen molar-refractivity contribution in [3.8, 4) is 0 Å². The summed E-state index contributed by atoms with van der Waals surface area (Å²) in [5.74, 6) is -0.0601. The van der Waals surface area contributed by atoms with Gasteiger partial charge in [0.15, 0.2) is 0 Å². The van der Waals surface area contributed by atoms with E-state index in [4.69, 9.17) is 5.11 Å². The average Bonchev–Trinajstić information content (AvgIpc) is 2.61. The Morgan fingerprint density at radius 1 is 1.53 bits per heavy atom. The monoisotopic (exact) mass is 235 g/mol. The highest BCUT2D eigenvalue weighted by Gasteiger charge is 2.25. The lowest BCUT2D eigenvalue weighted by atomic mass is 10.1. The van der Waals surface area contributed by atoms with Crippen LogP contribution in [0.25, 0.3) is 0 Å². The van der Waals surface area contributed by atoms with Crippen molar-refractivity contribution in [1.82, 2.24) is 4.90 Å². The van der Waals surface area contributed by atoms with E-state index in [1.54, 1.807) is 4.90 Å². The molecule has 0 aromatic heterocycles. The van der Waals surface area contributed by atoms with Gasteiger partial charge in [-0.25, -0.2) is 8.42 Å². The molecular weight excluding hydrogens is 218 g/mol. The van der Waals surface area contributed by atoms with E-state index < -0.39 is 9.84 Å². The Morgan fingerprint density at radius 3 is 2.67 bits per heavy atom. The van der Waals surface area contributed by atoms with Gasteiger partial charge in [-0.3, -0.25) is 4.79 Å². The van der Waals surface area contributed by atoms with E-state index in [1.165, 1.54) is 0 Å². The Hall–Kier alpha value is -0.620. The molecule has 0 bridgehead atoms. The number of nitrogens with zero attached hydrogens (tertiary/aromatic N) is 1. The van der Waals surface area contributed by atoms with E-state index >= 15 is 0 Å². The lowest BCUT2D eigenvalue weighted by Gasteiger charge is -2.15. The summed E-state index contributed by atoms with van der Waals surface area (Å²) in [7, 11) is -3.06. The third-order valence-electron chi connectivity index (χ3n) is 2.58. The van der Waals surface area contributed by atoms with Crippen LogP contribution in [-0.4, -0.2) is 56.0 Å². The molecule has 1 unspecified atom stereocenters.